The lowest BCUT2D eigenvalue weighted by Crippen LogP contribution is -2.15. The molecule has 4 heteroatoms. The van der Waals surface area contributed by atoms with Crippen LogP contribution in [0.4, 0.5) is 0 Å². The minimum Gasteiger partial charge on any atom is -0.276 e. The second-order valence-electron chi connectivity index (χ2n) is 5.29. The standard InChI is InChI=1S/C15H30INO2/c1-2-3-4-5-6-7-8-9-10-11-12-13-14-15(18)17(16)19/h19H,2-14H2,1H3. The first-order chi connectivity index (χ1) is 9.18. The topological polar surface area (TPSA) is 40.5 Å². The summed E-state index contributed by atoms with van der Waals surface area (Å²) in [6.07, 6.45) is 16.0. The third-order valence-corrected chi connectivity index (χ3v) is 3.99. The Morgan fingerprint density at radius 1 is 0.842 bits per heavy atom. The first-order valence-corrected chi connectivity index (χ1v) is 8.82. The number of hydrogen-bond donors (Lipinski definition) is 1. The van der Waals surface area contributed by atoms with E-state index < -0.39 is 0 Å². The van der Waals surface area contributed by atoms with Gasteiger partial charge in [0.1, 0.15) is 0 Å². The number of amides is 1. The van der Waals surface area contributed by atoms with Crippen molar-refractivity contribution in [3.63, 3.8) is 0 Å². The smallest absolute Gasteiger partial charge is 0.255 e. The van der Waals surface area contributed by atoms with Crippen molar-refractivity contribution >= 4 is 28.8 Å². The molecule has 0 atom stereocenters. The van der Waals surface area contributed by atoms with E-state index in [0.717, 1.165) is 12.8 Å². The maximum atomic E-state index is 11.1. The van der Waals surface area contributed by atoms with Crippen LogP contribution in [0.3, 0.4) is 0 Å². The summed E-state index contributed by atoms with van der Waals surface area (Å²) in [5.41, 5.74) is 0. The first-order valence-electron chi connectivity index (χ1n) is 7.86. The van der Waals surface area contributed by atoms with Crippen LogP contribution in [0.5, 0.6) is 0 Å². The van der Waals surface area contributed by atoms with Gasteiger partial charge in [-0.3, -0.25) is 10.0 Å². The highest BCUT2D eigenvalue weighted by Gasteiger charge is 2.05. The zero-order chi connectivity index (χ0) is 14.3. The van der Waals surface area contributed by atoms with Crippen LogP contribution in [0.25, 0.3) is 0 Å². The number of unbranched alkanes of at least 4 members (excludes halogenated alkanes) is 11. The Morgan fingerprint density at radius 2 is 1.21 bits per heavy atom. The highest BCUT2D eigenvalue weighted by atomic mass is 127. The van der Waals surface area contributed by atoms with Crippen LogP contribution in [0.2, 0.25) is 0 Å². The number of rotatable bonds is 13. The van der Waals surface area contributed by atoms with E-state index in [9.17, 15) is 4.79 Å². The molecule has 0 saturated heterocycles. The zero-order valence-corrected chi connectivity index (χ0v) is 14.5. The van der Waals surface area contributed by atoms with Crippen LogP contribution < -0.4 is 0 Å². The van der Waals surface area contributed by atoms with E-state index in [4.69, 9.17) is 5.21 Å². The SMILES string of the molecule is CCCCCCCCCCCCCCC(=O)N(O)I. The number of hydroxylamine groups is 1. The van der Waals surface area contributed by atoms with Crippen LogP contribution in [0.15, 0.2) is 0 Å². The van der Waals surface area contributed by atoms with Gasteiger partial charge in [-0.1, -0.05) is 77.6 Å². The predicted octanol–water partition coefficient (Wildman–Crippen LogP) is 5.65. The van der Waals surface area contributed by atoms with E-state index in [1.54, 1.807) is 22.9 Å². The fraction of sp³-hybridized carbons (Fsp3) is 0.933. The summed E-state index contributed by atoms with van der Waals surface area (Å²) in [5.74, 6) is -0.187. The largest absolute Gasteiger partial charge is 0.276 e. The molecule has 3 nitrogen and oxygen atoms in total. The van der Waals surface area contributed by atoms with Gasteiger partial charge in [-0.25, -0.2) is 0 Å². The molecule has 0 aliphatic heterocycles. The Balaban J connectivity index is 3.05. The van der Waals surface area contributed by atoms with Crippen LogP contribution >= 0.6 is 22.9 Å². The molecule has 1 amide bonds. The van der Waals surface area contributed by atoms with Crippen molar-refractivity contribution in [2.75, 3.05) is 0 Å². The number of carbonyl (C=O) groups excluding carboxylic acids is 1. The fourth-order valence-electron chi connectivity index (χ4n) is 2.21. The normalized spacial score (nSPS) is 10.7. The summed E-state index contributed by atoms with van der Waals surface area (Å²) < 4.78 is 0.663. The van der Waals surface area contributed by atoms with Gasteiger partial charge in [-0.05, 0) is 6.42 Å². The summed E-state index contributed by atoms with van der Waals surface area (Å²) in [6, 6.07) is 0. The molecule has 0 saturated carbocycles. The van der Waals surface area contributed by atoms with Crippen LogP contribution in [0, 0.1) is 0 Å². The minimum absolute atomic E-state index is 0.187. The maximum absolute atomic E-state index is 11.1. The van der Waals surface area contributed by atoms with Gasteiger partial charge in [-0.15, -0.1) is 0 Å². The molecule has 0 aliphatic rings. The molecule has 0 unspecified atom stereocenters. The lowest BCUT2D eigenvalue weighted by molar-refractivity contribution is -0.141. The van der Waals surface area contributed by atoms with Crippen molar-refractivity contribution < 1.29 is 10.0 Å². The first kappa shape index (κ1) is 19.2. The van der Waals surface area contributed by atoms with Gasteiger partial charge < -0.3 is 0 Å². The fourth-order valence-corrected chi connectivity index (χ4v) is 2.45. The highest BCUT2D eigenvalue weighted by molar-refractivity contribution is 14.1. The lowest BCUT2D eigenvalue weighted by Gasteiger charge is -2.05. The molecule has 0 fully saturated rings. The third kappa shape index (κ3) is 14.4. The predicted molar refractivity (Wildman–Crippen MR) is 88.3 cm³/mol. The van der Waals surface area contributed by atoms with Crippen molar-refractivity contribution in [3.8, 4) is 0 Å². The van der Waals surface area contributed by atoms with Gasteiger partial charge in [0.15, 0.2) is 0 Å². The molecule has 0 aromatic heterocycles. The van der Waals surface area contributed by atoms with E-state index in [1.165, 1.54) is 64.2 Å². The van der Waals surface area contributed by atoms with Gasteiger partial charge in [0, 0.05) is 6.42 Å². The van der Waals surface area contributed by atoms with Gasteiger partial charge in [0.25, 0.3) is 5.91 Å². The molecular weight excluding hydrogens is 353 g/mol. The average Bonchev–Trinajstić information content (AvgIpc) is 2.39. The van der Waals surface area contributed by atoms with Crippen molar-refractivity contribution in [2.24, 2.45) is 0 Å². The Labute approximate surface area is 132 Å². The number of nitrogens with zero attached hydrogens (tertiary/aromatic N) is 1. The number of halogens is 1. The molecule has 0 aromatic rings. The van der Waals surface area contributed by atoms with E-state index in [-0.39, 0.29) is 5.91 Å². The van der Waals surface area contributed by atoms with Crippen molar-refractivity contribution in [1.82, 2.24) is 3.28 Å². The maximum Gasteiger partial charge on any atom is 0.255 e. The molecule has 0 rings (SSSR count). The Kier molecular flexibility index (Phi) is 14.7. The van der Waals surface area contributed by atoms with Gasteiger partial charge >= 0.3 is 0 Å². The third-order valence-electron chi connectivity index (χ3n) is 3.45. The quantitative estimate of drug-likeness (QED) is 0.147. The van der Waals surface area contributed by atoms with E-state index in [2.05, 4.69) is 6.92 Å². The molecule has 0 aliphatic carbocycles. The lowest BCUT2D eigenvalue weighted by atomic mass is 10.0. The zero-order valence-electron chi connectivity index (χ0n) is 12.4. The van der Waals surface area contributed by atoms with Gasteiger partial charge in [0.05, 0.1) is 22.9 Å². The second kappa shape index (κ2) is 14.6. The van der Waals surface area contributed by atoms with Gasteiger partial charge in [0.2, 0.25) is 0 Å². The Hall–Kier alpha value is 0.160. The van der Waals surface area contributed by atoms with E-state index in [0.29, 0.717) is 9.70 Å². The van der Waals surface area contributed by atoms with E-state index >= 15 is 0 Å². The molecule has 0 radical (unpaired) electrons. The van der Waals surface area contributed by atoms with Gasteiger partial charge in [-0.2, -0.15) is 3.28 Å². The monoisotopic (exact) mass is 383 g/mol. The molecule has 0 heterocycles. The van der Waals surface area contributed by atoms with Crippen LogP contribution in [-0.4, -0.2) is 14.4 Å². The molecule has 0 aromatic carbocycles. The Morgan fingerprint density at radius 3 is 1.58 bits per heavy atom. The summed E-state index contributed by atoms with van der Waals surface area (Å²) in [5, 5.41) is 8.87. The molecule has 19 heavy (non-hydrogen) atoms. The summed E-state index contributed by atoms with van der Waals surface area (Å²) in [6.45, 7) is 2.26. The van der Waals surface area contributed by atoms with Crippen LogP contribution in [0.1, 0.15) is 90.4 Å². The summed E-state index contributed by atoms with van der Waals surface area (Å²) in [4.78, 5) is 11.1. The summed E-state index contributed by atoms with van der Waals surface area (Å²) >= 11 is 1.60. The molecule has 114 valence electrons. The van der Waals surface area contributed by atoms with Crippen molar-refractivity contribution in [2.45, 2.75) is 90.4 Å². The van der Waals surface area contributed by atoms with Crippen molar-refractivity contribution in [3.05, 3.63) is 0 Å². The molecule has 1 N–H and O–H groups in total. The number of carbonyl (C=O) groups is 1. The molecular formula is C15H30INO2. The van der Waals surface area contributed by atoms with E-state index in [1.807, 2.05) is 0 Å². The molecule has 0 bridgehead atoms. The number of hydrogen-bond acceptors (Lipinski definition) is 2. The molecule has 0 spiro atoms. The minimum atomic E-state index is -0.187. The highest BCUT2D eigenvalue weighted by Crippen LogP contribution is 2.13. The van der Waals surface area contributed by atoms with Crippen LogP contribution in [-0.2, 0) is 4.79 Å². The Bertz CT molecular complexity index is 210. The van der Waals surface area contributed by atoms with Crippen molar-refractivity contribution in [1.29, 1.82) is 0 Å². The average molecular weight is 383 g/mol. The summed E-state index contributed by atoms with van der Waals surface area (Å²) in [7, 11) is 0. The second-order valence-corrected chi connectivity index (χ2v) is 6.21.